The third-order valence-electron chi connectivity index (χ3n) is 2.35. The summed E-state index contributed by atoms with van der Waals surface area (Å²) in [7, 11) is 0. The summed E-state index contributed by atoms with van der Waals surface area (Å²) in [6.07, 6.45) is 0.589. The Bertz CT molecular complexity index is 427. The van der Waals surface area contributed by atoms with E-state index >= 15 is 0 Å². The predicted octanol–water partition coefficient (Wildman–Crippen LogP) is 3.01. The number of hydrogen-bond acceptors (Lipinski definition) is 3. The van der Waals surface area contributed by atoms with Gasteiger partial charge >= 0.3 is 0 Å². The molecule has 1 amide bonds. The molecule has 6 heteroatoms. The molecule has 100 valence electrons. The lowest BCUT2D eigenvalue weighted by atomic mass is 10.0. The van der Waals surface area contributed by atoms with Crippen molar-refractivity contribution in [3.8, 4) is 5.75 Å². The fraction of sp³-hybridized carbons (Fsp3) is 0.417. The van der Waals surface area contributed by atoms with Gasteiger partial charge in [0.15, 0.2) is 5.75 Å². The highest BCUT2D eigenvalue weighted by Crippen LogP contribution is 2.34. The van der Waals surface area contributed by atoms with Gasteiger partial charge < -0.3 is 16.2 Å². The van der Waals surface area contributed by atoms with Gasteiger partial charge in [-0.25, -0.2) is 0 Å². The maximum absolute atomic E-state index is 11.8. The van der Waals surface area contributed by atoms with Crippen LogP contribution >= 0.6 is 23.2 Å². The Hall–Kier alpha value is -0.970. The molecular weight excluding hydrogens is 275 g/mol. The number of carbonyl (C=O) groups is 1. The molecule has 0 heterocycles. The number of amides is 1. The van der Waals surface area contributed by atoms with Gasteiger partial charge in [-0.05, 0) is 24.5 Å². The average molecular weight is 291 g/mol. The highest BCUT2D eigenvalue weighted by Gasteiger charge is 2.16. The molecule has 0 saturated carbocycles. The van der Waals surface area contributed by atoms with Crippen molar-refractivity contribution < 1.29 is 9.90 Å². The summed E-state index contributed by atoms with van der Waals surface area (Å²) >= 11 is 11.5. The van der Waals surface area contributed by atoms with E-state index in [0.29, 0.717) is 18.0 Å². The standard InChI is InChI=1S/C12H16Cl2N2O2/c1-6(2)3-10(15)12(18)16-7-4-8(13)11(17)9(14)5-7/h4-6,10,17H,3,15H2,1-2H3,(H,16,18). The van der Waals surface area contributed by atoms with E-state index in [1.165, 1.54) is 12.1 Å². The number of nitrogens with two attached hydrogens (primary N) is 1. The summed E-state index contributed by atoms with van der Waals surface area (Å²) in [6, 6.07) is 2.25. The van der Waals surface area contributed by atoms with Crippen molar-refractivity contribution in [3.05, 3.63) is 22.2 Å². The molecule has 0 aromatic heterocycles. The van der Waals surface area contributed by atoms with Crippen LogP contribution < -0.4 is 11.1 Å². The smallest absolute Gasteiger partial charge is 0.241 e. The number of carbonyl (C=O) groups excluding carboxylic acids is 1. The van der Waals surface area contributed by atoms with Crippen LogP contribution in [0, 0.1) is 5.92 Å². The zero-order valence-electron chi connectivity index (χ0n) is 10.2. The molecule has 0 aliphatic carbocycles. The van der Waals surface area contributed by atoms with Crippen LogP contribution in [0.25, 0.3) is 0 Å². The topological polar surface area (TPSA) is 75.4 Å². The number of anilines is 1. The van der Waals surface area contributed by atoms with E-state index in [1.807, 2.05) is 13.8 Å². The molecule has 4 nitrogen and oxygen atoms in total. The molecule has 0 saturated heterocycles. The highest BCUT2D eigenvalue weighted by molar-refractivity contribution is 6.37. The summed E-state index contributed by atoms with van der Waals surface area (Å²) < 4.78 is 0. The van der Waals surface area contributed by atoms with E-state index in [9.17, 15) is 9.90 Å². The van der Waals surface area contributed by atoms with Crippen molar-refractivity contribution in [2.75, 3.05) is 5.32 Å². The third kappa shape index (κ3) is 4.05. The predicted molar refractivity (Wildman–Crippen MR) is 74.2 cm³/mol. The fourth-order valence-electron chi connectivity index (χ4n) is 1.49. The van der Waals surface area contributed by atoms with Crippen LogP contribution in [0.5, 0.6) is 5.75 Å². The van der Waals surface area contributed by atoms with Gasteiger partial charge in [0.2, 0.25) is 5.91 Å². The maximum Gasteiger partial charge on any atom is 0.241 e. The van der Waals surface area contributed by atoms with Gasteiger partial charge in [0.05, 0.1) is 16.1 Å². The van der Waals surface area contributed by atoms with Crippen molar-refractivity contribution in [3.63, 3.8) is 0 Å². The van der Waals surface area contributed by atoms with E-state index in [0.717, 1.165) is 0 Å². The monoisotopic (exact) mass is 290 g/mol. The number of phenols is 1. The van der Waals surface area contributed by atoms with Crippen LogP contribution in [0.4, 0.5) is 5.69 Å². The molecular formula is C12H16Cl2N2O2. The largest absolute Gasteiger partial charge is 0.505 e. The van der Waals surface area contributed by atoms with Crippen molar-refractivity contribution >= 4 is 34.8 Å². The first-order valence-corrected chi connectivity index (χ1v) is 6.31. The van der Waals surface area contributed by atoms with Gasteiger partial charge in [0, 0.05) is 5.69 Å². The van der Waals surface area contributed by atoms with Crippen LogP contribution in [0.3, 0.4) is 0 Å². The number of rotatable bonds is 4. The second-order valence-electron chi connectivity index (χ2n) is 4.51. The summed E-state index contributed by atoms with van der Waals surface area (Å²) in [5.74, 6) is -0.179. The van der Waals surface area contributed by atoms with Gasteiger partial charge in [-0.15, -0.1) is 0 Å². The van der Waals surface area contributed by atoms with Crippen molar-refractivity contribution in [2.45, 2.75) is 26.3 Å². The van der Waals surface area contributed by atoms with E-state index < -0.39 is 6.04 Å². The zero-order chi connectivity index (χ0) is 13.9. The molecule has 18 heavy (non-hydrogen) atoms. The SMILES string of the molecule is CC(C)CC(N)C(=O)Nc1cc(Cl)c(O)c(Cl)c1. The number of hydrogen-bond donors (Lipinski definition) is 3. The molecule has 1 rings (SSSR count). The van der Waals surface area contributed by atoms with Crippen molar-refractivity contribution in [1.82, 2.24) is 0 Å². The first-order chi connectivity index (χ1) is 8.31. The molecule has 0 aliphatic heterocycles. The zero-order valence-corrected chi connectivity index (χ0v) is 11.7. The second kappa shape index (κ2) is 6.27. The summed E-state index contributed by atoms with van der Waals surface area (Å²) in [5.41, 5.74) is 6.15. The molecule has 1 aromatic rings. The van der Waals surface area contributed by atoms with Gasteiger partial charge in [-0.3, -0.25) is 4.79 Å². The summed E-state index contributed by atoms with van der Waals surface area (Å²) in [4.78, 5) is 11.8. The highest BCUT2D eigenvalue weighted by atomic mass is 35.5. The van der Waals surface area contributed by atoms with Crippen molar-refractivity contribution in [1.29, 1.82) is 0 Å². The number of phenolic OH excluding ortho intramolecular Hbond substituents is 1. The Labute approximate surface area is 116 Å². The Morgan fingerprint density at radius 3 is 2.33 bits per heavy atom. The first-order valence-electron chi connectivity index (χ1n) is 5.55. The Balaban J connectivity index is 2.76. The van der Waals surface area contributed by atoms with Crippen LogP contribution in [0.15, 0.2) is 12.1 Å². The normalized spacial score (nSPS) is 12.6. The fourth-order valence-corrected chi connectivity index (χ4v) is 1.97. The molecule has 0 bridgehead atoms. The minimum absolute atomic E-state index is 0.0789. The average Bonchev–Trinajstić information content (AvgIpc) is 2.24. The Morgan fingerprint density at radius 2 is 1.89 bits per heavy atom. The Kier molecular flexibility index (Phi) is 5.26. The van der Waals surface area contributed by atoms with Gasteiger partial charge in [0.25, 0.3) is 0 Å². The molecule has 1 aromatic carbocycles. The van der Waals surface area contributed by atoms with Crippen LogP contribution in [0.2, 0.25) is 10.0 Å². The van der Waals surface area contributed by atoms with Crippen LogP contribution in [0.1, 0.15) is 20.3 Å². The number of benzene rings is 1. The quantitative estimate of drug-likeness (QED) is 0.746. The second-order valence-corrected chi connectivity index (χ2v) is 5.33. The van der Waals surface area contributed by atoms with Gasteiger partial charge in [-0.1, -0.05) is 37.0 Å². The number of nitrogens with one attached hydrogen (secondary N) is 1. The van der Waals surface area contributed by atoms with E-state index in [2.05, 4.69) is 5.32 Å². The van der Waals surface area contributed by atoms with E-state index in [-0.39, 0.29) is 21.7 Å². The van der Waals surface area contributed by atoms with Gasteiger partial charge in [0.1, 0.15) is 0 Å². The van der Waals surface area contributed by atoms with E-state index in [1.54, 1.807) is 0 Å². The van der Waals surface area contributed by atoms with E-state index in [4.69, 9.17) is 28.9 Å². The molecule has 0 fully saturated rings. The number of aromatic hydroxyl groups is 1. The minimum atomic E-state index is -0.587. The van der Waals surface area contributed by atoms with Crippen molar-refractivity contribution in [2.24, 2.45) is 11.7 Å². The molecule has 1 unspecified atom stereocenters. The lowest BCUT2D eigenvalue weighted by Crippen LogP contribution is -2.36. The minimum Gasteiger partial charge on any atom is -0.505 e. The number of halogens is 2. The van der Waals surface area contributed by atoms with Crippen LogP contribution in [-0.4, -0.2) is 17.1 Å². The molecule has 1 atom stereocenters. The molecule has 0 aliphatic rings. The summed E-state index contributed by atoms with van der Waals surface area (Å²) in [6.45, 7) is 3.98. The molecule has 4 N–H and O–H groups in total. The lowest BCUT2D eigenvalue weighted by molar-refractivity contribution is -0.117. The lowest BCUT2D eigenvalue weighted by Gasteiger charge is -2.14. The van der Waals surface area contributed by atoms with Gasteiger partial charge in [-0.2, -0.15) is 0 Å². The molecule has 0 radical (unpaired) electrons. The maximum atomic E-state index is 11.8. The summed E-state index contributed by atoms with van der Waals surface area (Å²) in [5, 5.41) is 12.2. The van der Waals surface area contributed by atoms with Crippen LogP contribution in [-0.2, 0) is 4.79 Å². The Morgan fingerprint density at radius 1 is 1.39 bits per heavy atom. The first kappa shape index (κ1) is 15.1. The third-order valence-corrected chi connectivity index (χ3v) is 2.92. The molecule has 0 spiro atoms.